The van der Waals surface area contributed by atoms with Crippen molar-refractivity contribution in [2.24, 2.45) is 0 Å². The first kappa shape index (κ1) is 9.59. The monoisotopic (exact) mass is 199 g/mol. The summed E-state index contributed by atoms with van der Waals surface area (Å²) in [7, 11) is 0. The normalized spacial score (nSPS) is 15.1. The summed E-state index contributed by atoms with van der Waals surface area (Å²) >= 11 is 0. The van der Waals surface area contributed by atoms with Gasteiger partial charge in [-0.1, -0.05) is 30.4 Å². The zero-order valence-corrected chi connectivity index (χ0v) is 8.35. The second-order valence-corrected chi connectivity index (χ2v) is 3.32. The van der Waals surface area contributed by atoms with Gasteiger partial charge in [-0.25, -0.2) is 0 Å². The summed E-state index contributed by atoms with van der Waals surface area (Å²) in [5.74, 6) is 0.306. The molecule has 0 fully saturated rings. The van der Waals surface area contributed by atoms with Crippen LogP contribution in [0.2, 0.25) is 0 Å². The van der Waals surface area contributed by atoms with E-state index in [1.807, 2.05) is 42.5 Å². The van der Waals surface area contributed by atoms with Crippen LogP contribution in [0.25, 0.3) is 6.08 Å². The summed E-state index contributed by atoms with van der Waals surface area (Å²) in [6.07, 6.45) is 9.92. The van der Waals surface area contributed by atoms with Crippen LogP contribution in [-0.4, -0.2) is 11.7 Å². The van der Waals surface area contributed by atoms with Gasteiger partial charge in [-0.05, 0) is 24.3 Å². The zero-order valence-electron chi connectivity index (χ0n) is 8.35. The van der Waals surface area contributed by atoms with Crippen LogP contribution in [0.15, 0.2) is 54.3 Å². The van der Waals surface area contributed by atoms with E-state index < -0.39 is 0 Å². The summed E-state index contributed by atoms with van der Waals surface area (Å²) in [6.45, 7) is 0.858. The molecule has 0 aromatic heterocycles. The van der Waals surface area contributed by atoms with Crippen molar-refractivity contribution in [1.29, 1.82) is 0 Å². The Hall–Kier alpha value is -1.96. The lowest BCUT2D eigenvalue weighted by Crippen LogP contribution is -2.13. The number of phenolic OH excluding ortho intramolecular Hbond substituents is 1. The largest absolute Gasteiger partial charge is 0.507 e. The molecular weight excluding hydrogens is 186 g/mol. The number of rotatable bonds is 2. The maximum atomic E-state index is 9.53. The molecule has 0 bridgehead atoms. The van der Waals surface area contributed by atoms with E-state index in [2.05, 4.69) is 11.4 Å². The van der Waals surface area contributed by atoms with E-state index in [0.29, 0.717) is 5.75 Å². The van der Waals surface area contributed by atoms with Gasteiger partial charge in [0.15, 0.2) is 0 Å². The summed E-state index contributed by atoms with van der Waals surface area (Å²) < 4.78 is 0. The lowest BCUT2D eigenvalue weighted by Gasteiger charge is -2.07. The fraction of sp³-hybridized carbons (Fsp3) is 0.0769. The van der Waals surface area contributed by atoms with Crippen LogP contribution >= 0.6 is 0 Å². The Morgan fingerprint density at radius 1 is 1.20 bits per heavy atom. The molecule has 2 N–H and O–H groups in total. The standard InChI is InChI=1S/C13H13NO/c15-13-7-2-1-5-11(13)8-9-12-6-3-4-10-14-12/h1-9,14-15H,10H2/b9-8+. The Labute approximate surface area is 89.3 Å². The molecule has 0 amide bonds. The maximum Gasteiger partial charge on any atom is 0.122 e. The van der Waals surface area contributed by atoms with Crippen LogP contribution in [0.5, 0.6) is 5.75 Å². The van der Waals surface area contributed by atoms with Gasteiger partial charge in [-0.2, -0.15) is 0 Å². The number of hydrogen-bond donors (Lipinski definition) is 2. The molecule has 1 aromatic rings. The highest BCUT2D eigenvalue weighted by molar-refractivity contribution is 5.59. The van der Waals surface area contributed by atoms with Crippen LogP contribution in [0.4, 0.5) is 0 Å². The lowest BCUT2D eigenvalue weighted by atomic mass is 10.1. The minimum absolute atomic E-state index is 0.306. The molecule has 2 rings (SSSR count). The molecule has 2 nitrogen and oxygen atoms in total. The Morgan fingerprint density at radius 2 is 2.07 bits per heavy atom. The van der Waals surface area contributed by atoms with E-state index in [4.69, 9.17) is 0 Å². The highest BCUT2D eigenvalue weighted by atomic mass is 16.3. The Morgan fingerprint density at radius 3 is 2.80 bits per heavy atom. The Kier molecular flexibility index (Phi) is 2.88. The average molecular weight is 199 g/mol. The maximum absolute atomic E-state index is 9.53. The van der Waals surface area contributed by atoms with E-state index in [9.17, 15) is 5.11 Å². The number of allylic oxidation sites excluding steroid dienone is 3. The number of aromatic hydroxyl groups is 1. The Balaban J connectivity index is 2.14. The minimum Gasteiger partial charge on any atom is -0.507 e. The number of benzene rings is 1. The van der Waals surface area contributed by atoms with Crippen molar-refractivity contribution in [2.75, 3.05) is 6.54 Å². The topological polar surface area (TPSA) is 32.3 Å². The first-order valence-electron chi connectivity index (χ1n) is 4.93. The van der Waals surface area contributed by atoms with Gasteiger partial charge in [0.05, 0.1) is 0 Å². The van der Waals surface area contributed by atoms with Gasteiger partial charge in [0, 0.05) is 17.8 Å². The van der Waals surface area contributed by atoms with E-state index in [-0.39, 0.29) is 0 Å². The van der Waals surface area contributed by atoms with Crippen molar-refractivity contribution in [3.8, 4) is 5.75 Å². The fourth-order valence-corrected chi connectivity index (χ4v) is 1.40. The second-order valence-electron chi connectivity index (χ2n) is 3.32. The first-order valence-corrected chi connectivity index (χ1v) is 4.93. The Bertz CT molecular complexity index is 430. The summed E-state index contributed by atoms with van der Waals surface area (Å²) in [5.41, 5.74) is 1.88. The number of nitrogens with one attached hydrogen (secondary N) is 1. The molecular formula is C13H13NO. The molecule has 0 unspecified atom stereocenters. The highest BCUT2D eigenvalue weighted by Crippen LogP contribution is 2.17. The molecule has 1 aliphatic heterocycles. The molecule has 0 aliphatic carbocycles. The molecule has 0 spiro atoms. The third-order valence-electron chi connectivity index (χ3n) is 2.22. The van der Waals surface area contributed by atoms with Gasteiger partial charge >= 0.3 is 0 Å². The van der Waals surface area contributed by atoms with Crippen molar-refractivity contribution in [3.63, 3.8) is 0 Å². The molecule has 0 radical (unpaired) electrons. The van der Waals surface area contributed by atoms with Gasteiger partial charge in [0.25, 0.3) is 0 Å². The fourth-order valence-electron chi connectivity index (χ4n) is 1.40. The average Bonchev–Trinajstić information content (AvgIpc) is 2.29. The number of hydrogen-bond acceptors (Lipinski definition) is 2. The second kappa shape index (κ2) is 4.51. The molecule has 1 aliphatic rings. The van der Waals surface area contributed by atoms with E-state index in [0.717, 1.165) is 17.8 Å². The quantitative estimate of drug-likeness (QED) is 0.766. The van der Waals surface area contributed by atoms with E-state index >= 15 is 0 Å². The third kappa shape index (κ3) is 2.50. The molecule has 15 heavy (non-hydrogen) atoms. The molecule has 0 saturated carbocycles. The minimum atomic E-state index is 0.306. The van der Waals surface area contributed by atoms with E-state index in [1.165, 1.54) is 0 Å². The summed E-state index contributed by atoms with van der Waals surface area (Å²) in [4.78, 5) is 0. The van der Waals surface area contributed by atoms with Crippen LogP contribution in [0, 0.1) is 0 Å². The first-order chi connectivity index (χ1) is 7.36. The van der Waals surface area contributed by atoms with Crippen LogP contribution in [0.1, 0.15) is 5.56 Å². The molecule has 1 aromatic carbocycles. The van der Waals surface area contributed by atoms with Crippen LogP contribution in [0.3, 0.4) is 0 Å². The van der Waals surface area contributed by atoms with Crippen LogP contribution in [-0.2, 0) is 0 Å². The van der Waals surface area contributed by atoms with Gasteiger partial charge in [-0.3, -0.25) is 0 Å². The smallest absolute Gasteiger partial charge is 0.122 e. The predicted molar refractivity (Wildman–Crippen MR) is 62.4 cm³/mol. The van der Waals surface area contributed by atoms with Gasteiger partial charge in [0.2, 0.25) is 0 Å². The molecule has 76 valence electrons. The van der Waals surface area contributed by atoms with Gasteiger partial charge in [0.1, 0.15) is 5.75 Å². The molecule has 1 heterocycles. The van der Waals surface area contributed by atoms with Gasteiger partial charge < -0.3 is 10.4 Å². The molecule has 0 saturated heterocycles. The molecule has 0 atom stereocenters. The van der Waals surface area contributed by atoms with Crippen molar-refractivity contribution >= 4 is 6.08 Å². The number of phenols is 1. The van der Waals surface area contributed by atoms with Crippen molar-refractivity contribution in [2.45, 2.75) is 0 Å². The zero-order chi connectivity index (χ0) is 10.5. The summed E-state index contributed by atoms with van der Waals surface area (Å²) in [5, 5.41) is 12.7. The number of dihydropyridines is 1. The third-order valence-corrected chi connectivity index (χ3v) is 2.22. The van der Waals surface area contributed by atoms with Gasteiger partial charge in [-0.15, -0.1) is 0 Å². The van der Waals surface area contributed by atoms with Crippen molar-refractivity contribution in [3.05, 3.63) is 59.8 Å². The van der Waals surface area contributed by atoms with Crippen LogP contribution < -0.4 is 5.32 Å². The van der Waals surface area contributed by atoms with Crippen molar-refractivity contribution in [1.82, 2.24) is 5.32 Å². The SMILES string of the molecule is Oc1ccccc1/C=C/C1=CC=CCN1. The lowest BCUT2D eigenvalue weighted by molar-refractivity contribution is 0.474. The predicted octanol–water partition coefficient (Wildman–Crippen LogP) is 2.45. The number of para-hydroxylation sites is 1. The molecule has 2 heteroatoms. The highest BCUT2D eigenvalue weighted by Gasteiger charge is 1.95. The summed E-state index contributed by atoms with van der Waals surface area (Å²) in [6, 6.07) is 7.28. The van der Waals surface area contributed by atoms with E-state index in [1.54, 1.807) is 6.07 Å². The van der Waals surface area contributed by atoms with Crippen molar-refractivity contribution < 1.29 is 5.11 Å².